The Hall–Kier alpha value is -4.53. The average Bonchev–Trinajstić information content (AvgIpc) is 2.86. The minimum absolute atomic E-state index is 0.330. The lowest BCUT2D eigenvalue weighted by Gasteiger charge is -2.09. The summed E-state index contributed by atoms with van der Waals surface area (Å²) >= 11 is 0. The quantitative estimate of drug-likeness (QED) is 0.339. The van der Waals surface area contributed by atoms with E-state index in [1.165, 1.54) is 0 Å². The molecule has 0 heterocycles. The van der Waals surface area contributed by atoms with Gasteiger partial charge in [-0.2, -0.15) is 10.2 Å². The smallest absolute Gasteiger partial charge is 0.325 e. The van der Waals surface area contributed by atoms with Gasteiger partial charge in [0.2, 0.25) is 0 Å². The minimum atomic E-state index is -0.725. The van der Waals surface area contributed by atoms with Crippen molar-refractivity contribution in [1.29, 1.82) is 0 Å². The number of nitrogens with zero attached hydrogens (tertiary/aromatic N) is 2. The second-order valence-corrected chi connectivity index (χ2v) is 6.81. The van der Waals surface area contributed by atoms with Crippen molar-refractivity contribution < 1.29 is 19.1 Å². The number of amides is 3. The van der Waals surface area contributed by atoms with Gasteiger partial charge in [0.25, 0.3) is 5.91 Å². The molecule has 3 amide bonds. The first kappa shape index (κ1) is 23.1. The average molecular weight is 445 g/mol. The highest BCUT2D eigenvalue weighted by atomic mass is 16.5. The van der Waals surface area contributed by atoms with Gasteiger partial charge in [-0.15, -0.1) is 0 Å². The van der Waals surface area contributed by atoms with Gasteiger partial charge in [0, 0.05) is 12.2 Å². The van der Waals surface area contributed by atoms with Crippen molar-refractivity contribution >= 4 is 35.0 Å². The van der Waals surface area contributed by atoms with E-state index in [0.717, 1.165) is 11.3 Å². The predicted molar refractivity (Wildman–Crippen MR) is 123 cm³/mol. The number of esters is 1. The zero-order valence-corrected chi connectivity index (χ0v) is 17.7. The summed E-state index contributed by atoms with van der Waals surface area (Å²) in [5.41, 5.74) is 2.81. The lowest BCUT2D eigenvalue weighted by atomic mass is 10.2. The van der Waals surface area contributed by atoms with Crippen LogP contribution in [-0.4, -0.2) is 31.1 Å². The maximum absolute atomic E-state index is 12.0. The zero-order chi connectivity index (χ0) is 23.3. The zero-order valence-electron chi connectivity index (χ0n) is 17.7. The third-order valence-corrected chi connectivity index (χ3v) is 4.24. The van der Waals surface area contributed by atoms with Gasteiger partial charge in [-0.25, -0.2) is 4.79 Å². The molecule has 3 aromatic rings. The summed E-state index contributed by atoms with van der Waals surface area (Å²) in [4.78, 5) is 35.5. The van der Waals surface area contributed by atoms with E-state index in [-0.39, 0.29) is 6.54 Å². The molecule has 0 aliphatic heterocycles. The molecule has 0 aliphatic carbocycles. The molecule has 9 heteroatoms. The first-order chi connectivity index (χ1) is 16.1. The van der Waals surface area contributed by atoms with Crippen molar-refractivity contribution in [3.63, 3.8) is 0 Å². The van der Waals surface area contributed by atoms with Crippen LogP contribution in [0.15, 0.2) is 95.2 Å². The molecular weight excluding hydrogens is 422 g/mol. The minimum Gasteiger partial charge on any atom is -0.454 e. The van der Waals surface area contributed by atoms with Crippen molar-refractivity contribution in [2.45, 2.75) is 6.54 Å². The lowest BCUT2D eigenvalue weighted by Crippen LogP contribution is -2.39. The maximum atomic E-state index is 12.0. The number of hydrogen-bond donors (Lipinski definition) is 3. The van der Waals surface area contributed by atoms with E-state index >= 15 is 0 Å². The maximum Gasteiger partial charge on any atom is 0.325 e. The van der Waals surface area contributed by atoms with Gasteiger partial charge in [0.1, 0.15) is 6.54 Å². The normalized spacial score (nSPS) is 10.4. The van der Waals surface area contributed by atoms with Crippen LogP contribution >= 0.6 is 0 Å². The molecule has 0 radical (unpaired) electrons. The molecule has 0 saturated heterocycles. The van der Waals surface area contributed by atoms with Crippen molar-refractivity contribution in [3.8, 4) is 0 Å². The Morgan fingerprint density at radius 1 is 0.727 bits per heavy atom. The van der Waals surface area contributed by atoms with Crippen molar-refractivity contribution in [1.82, 2.24) is 10.6 Å². The van der Waals surface area contributed by atoms with Crippen molar-refractivity contribution in [2.24, 2.45) is 10.2 Å². The second kappa shape index (κ2) is 12.4. The van der Waals surface area contributed by atoms with E-state index in [1.807, 2.05) is 60.7 Å². The highest BCUT2D eigenvalue weighted by molar-refractivity contribution is 5.93. The fourth-order valence-electron chi connectivity index (χ4n) is 2.61. The van der Waals surface area contributed by atoms with Crippen LogP contribution in [0.4, 0.5) is 21.9 Å². The van der Waals surface area contributed by atoms with E-state index in [1.54, 1.807) is 24.3 Å². The molecule has 0 saturated carbocycles. The monoisotopic (exact) mass is 445 g/mol. The van der Waals surface area contributed by atoms with Gasteiger partial charge in [0.05, 0.1) is 11.4 Å². The summed E-state index contributed by atoms with van der Waals surface area (Å²) in [5.74, 6) is -1.23. The fraction of sp³-hybridized carbons (Fsp3) is 0.125. The molecule has 0 aromatic heterocycles. The van der Waals surface area contributed by atoms with Crippen LogP contribution in [0.1, 0.15) is 5.56 Å². The van der Waals surface area contributed by atoms with Crippen LogP contribution in [-0.2, 0) is 20.9 Å². The van der Waals surface area contributed by atoms with E-state index < -0.39 is 24.5 Å². The van der Waals surface area contributed by atoms with Gasteiger partial charge < -0.3 is 20.7 Å². The van der Waals surface area contributed by atoms with Crippen LogP contribution in [0.5, 0.6) is 0 Å². The Bertz CT molecular complexity index is 1090. The van der Waals surface area contributed by atoms with Gasteiger partial charge in [-0.1, -0.05) is 48.5 Å². The van der Waals surface area contributed by atoms with Crippen molar-refractivity contribution in [3.05, 3.63) is 90.5 Å². The summed E-state index contributed by atoms with van der Waals surface area (Å²) in [6.07, 6.45) is 0. The highest BCUT2D eigenvalue weighted by Gasteiger charge is 2.10. The third-order valence-electron chi connectivity index (χ3n) is 4.24. The Morgan fingerprint density at radius 3 is 2.00 bits per heavy atom. The number of anilines is 1. The van der Waals surface area contributed by atoms with E-state index in [4.69, 9.17) is 4.74 Å². The Balaban J connectivity index is 1.33. The number of carbonyl (C=O) groups is 3. The number of hydrogen-bond acceptors (Lipinski definition) is 6. The number of azo groups is 1. The standard InChI is InChI=1S/C24H23N5O4/c30-22(17-33-23(31)16-26-24(32)25-15-18-7-3-1-4-8-18)27-19-11-13-21(14-12-19)29-28-20-9-5-2-6-10-20/h1-14H,15-17H2,(H,27,30)(H2,25,26,32). The first-order valence-corrected chi connectivity index (χ1v) is 10.2. The van der Waals surface area contributed by atoms with Gasteiger partial charge in [-0.3, -0.25) is 9.59 Å². The summed E-state index contributed by atoms with van der Waals surface area (Å²) in [6.45, 7) is -0.493. The molecule has 0 spiro atoms. The summed E-state index contributed by atoms with van der Waals surface area (Å²) in [5, 5.41) is 15.9. The van der Waals surface area contributed by atoms with Crippen LogP contribution in [0.3, 0.4) is 0 Å². The summed E-state index contributed by atoms with van der Waals surface area (Å²) < 4.78 is 4.87. The molecule has 0 aliphatic rings. The Morgan fingerprint density at radius 2 is 1.33 bits per heavy atom. The van der Waals surface area contributed by atoms with Gasteiger partial charge in [-0.05, 0) is 42.0 Å². The number of rotatable bonds is 9. The second-order valence-electron chi connectivity index (χ2n) is 6.81. The van der Waals surface area contributed by atoms with E-state index in [9.17, 15) is 14.4 Å². The van der Waals surface area contributed by atoms with Crippen LogP contribution in [0.25, 0.3) is 0 Å². The SMILES string of the molecule is O=C(COC(=O)CNC(=O)NCc1ccccc1)Nc1ccc(N=Nc2ccccc2)cc1. The topological polar surface area (TPSA) is 121 Å². The molecule has 0 bridgehead atoms. The number of ether oxygens (including phenoxy) is 1. The molecule has 3 aromatic carbocycles. The molecule has 0 fully saturated rings. The molecule has 0 atom stereocenters. The molecule has 9 nitrogen and oxygen atoms in total. The molecule has 3 N–H and O–H groups in total. The summed E-state index contributed by atoms with van der Waals surface area (Å²) in [6, 6.07) is 24.9. The molecule has 3 rings (SSSR count). The van der Waals surface area contributed by atoms with Crippen LogP contribution < -0.4 is 16.0 Å². The predicted octanol–water partition coefficient (Wildman–Crippen LogP) is 4.08. The third kappa shape index (κ3) is 8.62. The molecular formula is C24H23N5O4. The fourth-order valence-corrected chi connectivity index (χ4v) is 2.61. The number of urea groups is 1. The Labute approximate surface area is 190 Å². The number of nitrogens with one attached hydrogen (secondary N) is 3. The van der Waals surface area contributed by atoms with Crippen molar-refractivity contribution in [2.75, 3.05) is 18.5 Å². The summed E-state index contributed by atoms with van der Waals surface area (Å²) in [7, 11) is 0. The Kier molecular flexibility index (Phi) is 8.66. The van der Waals surface area contributed by atoms with Gasteiger partial charge in [0.15, 0.2) is 6.61 Å². The molecule has 33 heavy (non-hydrogen) atoms. The van der Waals surface area contributed by atoms with Crippen LogP contribution in [0.2, 0.25) is 0 Å². The lowest BCUT2D eigenvalue weighted by molar-refractivity contribution is -0.146. The highest BCUT2D eigenvalue weighted by Crippen LogP contribution is 2.19. The van der Waals surface area contributed by atoms with Gasteiger partial charge >= 0.3 is 12.0 Å². The van der Waals surface area contributed by atoms with Crippen LogP contribution in [0, 0.1) is 0 Å². The van der Waals surface area contributed by atoms with E-state index in [0.29, 0.717) is 17.9 Å². The number of benzene rings is 3. The largest absolute Gasteiger partial charge is 0.454 e. The molecule has 0 unspecified atom stereocenters. The molecule has 168 valence electrons. The first-order valence-electron chi connectivity index (χ1n) is 10.2. The number of carbonyl (C=O) groups excluding carboxylic acids is 3. The van der Waals surface area contributed by atoms with E-state index in [2.05, 4.69) is 26.2 Å².